The number of hydrogen-bond acceptors (Lipinski definition) is 3. The lowest BCUT2D eigenvalue weighted by Crippen LogP contribution is -2.19. The molecule has 0 aliphatic heterocycles. The van der Waals surface area contributed by atoms with Gasteiger partial charge in [-0.1, -0.05) is 15.9 Å². The molecule has 0 aromatic carbocycles. The number of rotatable bonds is 5. The average Bonchev–Trinajstić information content (AvgIpc) is 2.05. The molecule has 1 unspecified atom stereocenters. The van der Waals surface area contributed by atoms with Crippen molar-refractivity contribution in [2.24, 2.45) is 5.92 Å². The van der Waals surface area contributed by atoms with Crippen LogP contribution in [0.3, 0.4) is 0 Å². The SMILES string of the molecule is COC(=O)C(CO)CCCBr. The van der Waals surface area contributed by atoms with Crippen molar-refractivity contribution in [1.29, 1.82) is 0 Å². The van der Waals surface area contributed by atoms with E-state index in [1.165, 1.54) is 7.11 Å². The van der Waals surface area contributed by atoms with E-state index in [1.54, 1.807) is 0 Å². The highest BCUT2D eigenvalue weighted by Gasteiger charge is 2.16. The lowest BCUT2D eigenvalue weighted by molar-refractivity contribution is -0.147. The Kier molecular flexibility index (Phi) is 6.56. The van der Waals surface area contributed by atoms with Crippen LogP contribution in [0, 0.1) is 5.92 Å². The van der Waals surface area contributed by atoms with Gasteiger partial charge in [-0.05, 0) is 12.8 Å². The smallest absolute Gasteiger partial charge is 0.310 e. The summed E-state index contributed by atoms with van der Waals surface area (Å²) in [6.45, 7) is -0.125. The molecule has 11 heavy (non-hydrogen) atoms. The topological polar surface area (TPSA) is 46.5 Å². The second-order valence-electron chi connectivity index (χ2n) is 2.23. The number of carbonyl (C=O) groups excluding carboxylic acids is 1. The number of esters is 1. The highest BCUT2D eigenvalue weighted by molar-refractivity contribution is 9.09. The third-order valence-electron chi connectivity index (χ3n) is 1.44. The van der Waals surface area contributed by atoms with Gasteiger partial charge >= 0.3 is 5.97 Å². The second kappa shape index (κ2) is 6.61. The molecular formula is C7H13BrO3. The predicted octanol–water partition coefficient (Wildman–Crippen LogP) is 0.943. The summed E-state index contributed by atoms with van der Waals surface area (Å²) in [6, 6.07) is 0. The maximum Gasteiger partial charge on any atom is 0.310 e. The van der Waals surface area contributed by atoms with Crippen molar-refractivity contribution in [2.75, 3.05) is 19.0 Å². The lowest BCUT2D eigenvalue weighted by atomic mass is 10.1. The van der Waals surface area contributed by atoms with Crippen LogP contribution in [0.25, 0.3) is 0 Å². The van der Waals surface area contributed by atoms with Crippen LogP contribution in [-0.2, 0) is 9.53 Å². The molecule has 0 saturated carbocycles. The number of halogens is 1. The molecular weight excluding hydrogens is 212 g/mol. The third-order valence-corrected chi connectivity index (χ3v) is 2.00. The monoisotopic (exact) mass is 224 g/mol. The molecule has 1 N–H and O–H groups in total. The van der Waals surface area contributed by atoms with Crippen molar-refractivity contribution in [3.8, 4) is 0 Å². The van der Waals surface area contributed by atoms with E-state index in [4.69, 9.17) is 5.11 Å². The standard InChI is InChI=1S/C7H13BrO3/c1-11-7(10)6(5-9)3-2-4-8/h6,9H,2-5H2,1H3. The first-order valence-electron chi connectivity index (χ1n) is 3.51. The molecule has 0 aromatic rings. The summed E-state index contributed by atoms with van der Waals surface area (Å²) in [5.74, 6) is -0.675. The number of hydrogen-bond donors (Lipinski definition) is 1. The fourth-order valence-electron chi connectivity index (χ4n) is 0.774. The van der Waals surface area contributed by atoms with Crippen LogP contribution in [0.15, 0.2) is 0 Å². The molecule has 0 heterocycles. The van der Waals surface area contributed by atoms with Crippen molar-refractivity contribution in [3.63, 3.8) is 0 Å². The fourth-order valence-corrected chi connectivity index (χ4v) is 1.10. The van der Waals surface area contributed by atoms with E-state index in [9.17, 15) is 4.79 Å². The molecule has 0 aromatic heterocycles. The first-order chi connectivity index (χ1) is 5.26. The molecule has 0 saturated heterocycles. The van der Waals surface area contributed by atoms with Gasteiger partial charge in [-0.25, -0.2) is 0 Å². The summed E-state index contributed by atoms with van der Waals surface area (Å²) in [7, 11) is 1.33. The Morgan fingerprint density at radius 3 is 2.73 bits per heavy atom. The Hall–Kier alpha value is -0.0900. The van der Waals surface area contributed by atoms with Gasteiger partial charge in [0.25, 0.3) is 0 Å². The van der Waals surface area contributed by atoms with Crippen LogP contribution in [-0.4, -0.2) is 30.1 Å². The minimum absolute atomic E-state index is 0.125. The molecule has 0 bridgehead atoms. The van der Waals surface area contributed by atoms with Crippen molar-refractivity contribution in [2.45, 2.75) is 12.8 Å². The van der Waals surface area contributed by atoms with E-state index >= 15 is 0 Å². The molecule has 0 radical (unpaired) electrons. The zero-order valence-electron chi connectivity index (χ0n) is 6.55. The molecule has 0 aliphatic rings. The molecule has 0 amide bonds. The van der Waals surface area contributed by atoms with Crippen molar-refractivity contribution in [3.05, 3.63) is 0 Å². The number of ether oxygens (including phenoxy) is 1. The summed E-state index contributed by atoms with van der Waals surface area (Å²) in [5.41, 5.74) is 0. The number of alkyl halides is 1. The van der Waals surface area contributed by atoms with E-state index in [1.807, 2.05) is 0 Å². The Labute approximate surface area is 74.9 Å². The van der Waals surface area contributed by atoms with Gasteiger partial charge in [-0.15, -0.1) is 0 Å². The van der Waals surface area contributed by atoms with Crippen LogP contribution in [0.5, 0.6) is 0 Å². The van der Waals surface area contributed by atoms with Crippen molar-refractivity contribution in [1.82, 2.24) is 0 Å². The highest BCUT2D eigenvalue weighted by Crippen LogP contribution is 2.08. The molecule has 4 heteroatoms. The first-order valence-corrected chi connectivity index (χ1v) is 4.63. The van der Waals surface area contributed by atoms with Gasteiger partial charge in [-0.3, -0.25) is 4.79 Å². The van der Waals surface area contributed by atoms with Gasteiger partial charge in [0.1, 0.15) is 0 Å². The van der Waals surface area contributed by atoms with E-state index in [0.717, 1.165) is 11.8 Å². The van der Waals surface area contributed by atoms with E-state index in [2.05, 4.69) is 20.7 Å². The minimum atomic E-state index is -0.349. The second-order valence-corrected chi connectivity index (χ2v) is 3.03. The summed E-state index contributed by atoms with van der Waals surface area (Å²) in [6.07, 6.45) is 1.55. The van der Waals surface area contributed by atoms with Crippen molar-refractivity contribution < 1.29 is 14.6 Å². The van der Waals surface area contributed by atoms with Gasteiger partial charge in [0, 0.05) is 5.33 Å². The Balaban J connectivity index is 3.65. The number of aliphatic hydroxyl groups is 1. The Bertz CT molecular complexity index is 116. The summed E-state index contributed by atoms with van der Waals surface area (Å²) in [4.78, 5) is 10.9. The highest BCUT2D eigenvalue weighted by atomic mass is 79.9. The van der Waals surface area contributed by atoms with Gasteiger partial charge in [0.05, 0.1) is 19.6 Å². The van der Waals surface area contributed by atoms with Crippen LogP contribution >= 0.6 is 15.9 Å². The number of methoxy groups -OCH3 is 1. The predicted molar refractivity (Wildman–Crippen MR) is 45.6 cm³/mol. The Morgan fingerprint density at radius 1 is 1.73 bits per heavy atom. The fraction of sp³-hybridized carbons (Fsp3) is 0.857. The van der Waals surface area contributed by atoms with Crippen LogP contribution in [0.2, 0.25) is 0 Å². The molecule has 0 aliphatic carbocycles. The van der Waals surface area contributed by atoms with Crippen molar-refractivity contribution >= 4 is 21.9 Å². The molecule has 66 valence electrons. The summed E-state index contributed by atoms with van der Waals surface area (Å²) >= 11 is 3.24. The third kappa shape index (κ3) is 4.37. The molecule has 0 fully saturated rings. The van der Waals surface area contributed by atoms with Crippen LogP contribution in [0.1, 0.15) is 12.8 Å². The van der Waals surface area contributed by atoms with E-state index in [-0.39, 0.29) is 18.5 Å². The first kappa shape index (κ1) is 10.9. The quantitative estimate of drug-likeness (QED) is 0.559. The van der Waals surface area contributed by atoms with Gasteiger partial charge in [0.15, 0.2) is 0 Å². The molecule has 0 rings (SSSR count). The van der Waals surface area contributed by atoms with E-state index in [0.29, 0.717) is 6.42 Å². The number of aliphatic hydroxyl groups excluding tert-OH is 1. The molecule has 1 atom stereocenters. The maximum atomic E-state index is 10.9. The van der Waals surface area contributed by atoms with Crippen LogP contribution < -0.4 is 0 Å². The largest absolute Gasteiger partial charge is 0.469 e. The zero-order valence-corrected chi connectivity index (χ0v) is 8.13. The Morgan fingerprint density at radius 2 is 2.36 bits per heavy atom. The normalized spacial score (nSPS) is 12.6. The summed E-state index contributed by atoms with van der Waals surface area (Å²) < 4.78 is 4.49. The van der Waals surface area contributed by atoms with Gasteiger partial charge < -0.3 is 9.84 Å². The minimum Gasteiger partial charge on any atom is -0.469 e. The molecule has 3 nitrogen and oxygen atoms in total. The molecule has 0 spiro atoms. The van der Waals surface area contributed by atoms with Gasteiger partial charge in [0.2, 0.25) is 0 Å². The van der Waals surface area contributed by atoms with Crippen LogP contribution in [0.4, 0.5) is 0 Å². The van der Waals surface area contributed by atoms with Gasteiger partial charge in [-0.2, -0.15) is 0 Å². The lowest BCUT2D eigenvalue weighted by Gasteiger charge is -2.09. The zero-order chi connectivity index (χ0) is 8.69. The maximum absolute atomic E-state index is 10.9. The average molecular weight is 225 g/mol. The van der Waals surface area contributed by atoms with E-state index < -0.39 is 0 Å². The number of carbonyl (C=O) groups is 1. The summed E-state index contributed by atoms with van der Waals surface area (Å²) in [5, 5.41) is 9.59.